The molecule has 0 saturated heterocycles. The molecule has 0 aliphatic carbocycles. The molecule has 2 aromatic carbocycles. The van der Waals surface area contributed by atoms with Gasteiger partial charge in [0.05, 0.1) is 11.9 Å². The highest BCUT2D eigenvalue weighted by molar-refractivity contribution is 5.93. The van der Waals surface area contributed by atoms with E-state index >= 15 is 0 Å². The zero-order chi connectivity index (χ0) is 12.8. The van der Waals surface area contributed by atoms with Crippen molar-refractivity contribution in [1.29, 1.82) is 0 Å². The summed E-state index contributed by atoms with van der Waals surface area (Å²) in [5, 5.41) is 5.60. The van der Waals surface area contributed by atoms with Gasteiger partial charge >= 0.3 is 0 Å². The van der Waals surface area contributed by atoms with Gasteiger partial charge in [-0.05, 0) is 17.7 Å². The number of benzene rings is 2. The highest BCUT2D eigenvalue weighted by atomic mass is 16.2. The van der Waals surface area contributed by atoms with E-state index in [9.17, 15) is 4.79 Å². The van der Waals surface area contributed by atoms with Crippen LogP contribution in [-0.2, 0) is 4.79 Å². The van der Waals surface area contributed by atoms with Crippen LogP contribution in [-0.4, -0.2) is 12.1 Å². The molecule has 3 heteroatoms. The highest BCUT2D eigenvalue weighted by Gasteiger charge is 2.08. The van der Waals surface area contributed by atoms with Crippen LogP contribution in [0.1, 0.15) is 12.5 Å². The zero-order valence-corrected chi connectivity index (χ0v) is 10.2. The molecular formula is C15H14N2O. The third kappa shape index (κ3) is 3.04. The zero-order valence-electron chi connectivity index (χ0n) is 10.2. The van der Waals surface area contributed by atoms with Crippen molar-refractivity contribution in [3.63, 3.8) is 0 Å². The van der Waals surface area contributed by atoms with Gasteiger partial charge in [-0.25, -0.2) is 5.01 Å². The van der Waals surface area contributed by atoms with E-state index in [0.29, 0.717) is 0 Å². The number of para-hydroxylation sites is 1. The van der Waals surface area contributed by atoms with Gasteiger partial charge in [-0.2, -0.15) is 5.10 Å². The fraction of sp³-hybridized carbons (Fsp3) is 0.0667. The van der Waals surface area contributed by atoms with Crippen molar-refractivity contribution in [1.82, 2.24) is 0 Å². The Morgan fingerprint density at radius 3 is 2.11 bits per heavy atom. The molecule has 3 nitrogen and oxygen atoms in total. The molecule has 0 radical (unpaired) electrons. The predicted molar refractivity (Wildman–Crippen MR) is 73.6 cm³/mol. The van der Waals surface area contributed by atoms with Crippen LogP contribution in [0.4, 0.5) is 5.69 Å². The Balaban J connectivity index is 2.23. The number of carbonyl (C=O) groups excluding carboxylic acids is 1. The van der Waals surface area contributed by atoms with Crippen molar-refractivity contribution in [2.24, 2.45) is 5.10 Å². The van der Waals surface area contributed by atoms with Crippen LogP contribution in [0.5, 0.6) is 0 Å². The number of anilines is 1. The third-order valence-electron chi connectivity index (χ3n) is 2.42. The SMILES string of the molecule is CC(=O)N(/N=C/c1ccccc1)c1ccccc1. The quantitative estimate of drug-likeness (QED) is 0.597. The van der Waals surface area contributed by atoms with E-state index in [1.165, 1.54) is 11.9 Å². The maximum Gasteiger partial charge on any atom is 0.244 e. The van der Waals surface area contributed by atoms with E-state index in [1.54, 1.807) is 6.21 Å². The first-order valence-corrected chi connectivity index (χ1v) is 5.72. The lowest BCUT2D eigenvalue weighted by molar-refractivity contribution is -0.116. The monoisotopic (exact) mass is 238 g/mol. The first-order chi connectivity index (χ1) is 8.77. The molecule has 0 saturated carbocycles. The summed E-state index contributed by atoms with van der Waals surface area (Å²) in [6.07, 6.45) is 1.67. The summed E-state index contributed by atoms with van der Waals surface area (Å²) in [6, 6.07) is 19.0. The van der Waals surface area contributed by atoms with Crippen LogP contribution in [0, 0.1) is 0 Å². The molecule has 0 spiro atoms. The Morgan fingerprint density at radius 2 is 1.56 bits per heavy atom. The molecule has 0 aliphatic rings. The second-order valence-electron chi connectivity index (χ2n) is 3.82. The molecule has 0 aliphatic heterocycles. The molecular weight excluding hydrogens is 224 g/mol. The standard InChI is InChI=1S/C15H14N2O/c1-13(18)17(15-10-6-3-7-11-15)16-12-14-8-4-2-5-9-14/h2-12H,1H3/b16-12+. The first-order valence-electron chi connectivity index (χ1n) is 5.72. The summed E-state index contributed by atoms with van der Waals surface area (Å²) in [5.74, 6) is -0.117. The topological polar surface area (TPSA) is 32.7 Å². The molecule has 18 heavy (non-hydrogen) atoms. The van der Waals surface area contributed by atoms with Crippen molar-refractivity contribution in [2.45, 2.75) is 6.92 Å². The lowest BCUT2D eigenvalue weighted by atomic mass is 10.2. The predicted octanol–water partition coefficient (Wildman–Crippen LogP) is 3.07. The maximum absolute atomic E-state index is 11.6. The first kappa shape index (κ1) is 12.0. The van der Waals surface area contributed by atoms with Crippen molar-refractivity contribution in [3.05, 3.63) is 66.2 Å². The Labute approximate surface area is 106 Å². The van der Waals surface area contributed by atoms with Gasteiger partial charge in [0.1, 0.15) is 0 Å². The van der Waals surface area contributed by atoms with E-state index in [1.807, 2.05) is 60.7 Å². The van der Waals surface area contributed by atoms with Crippen LogP contribution < -0.4 is 5.01 Å². The number of carbonyl (C=O) groups is 1. The fourth-order valence-corrected chi connectivity index (χ4v) is 1.56. The van der Waals surface area contributed by atoms with Crippen LogP contribution in [0.2, 0.25) is 0 Å². The van der Waals surface area contributed by atoms with Gasteiger partial charge in [0.2, 0.25) is 5.91 Å². The number of hydrogen-bond donors (Lipinski definition) is 0. The van der Waals surface area contributed by atoms with Crippen molar-refractivity contribution in [2.75, 3.05) is 5.01 Å². The van der Waals surface area contributed by atoms with E-state index in [4.69, 9.17) is 0 Å². The molecule has 0 bridgehead atoms. The summed E-state index contributed by atoms with van der Waals surface area (Å²) >= 11 is 0. The Hall–Kier alpha value is -2.42. The average molecular weight is 238 g/mol. The van der Waals surface area contributed by atoms with Gasteiger partial charge in [-0.1, -0.05) is 48.5 Å². The van der Waals surface area contributed by atoms with Gasteiger partial charge in [-0.15, -0.1) is 0 Å². The second kappa shape index (κ2) is 5.77. The molecule has 0 heterocycles. The van der Waals surface area contributed by atoms with Crippen LogP contribution >= 0.6 is 0 Å². The van der Waals surface area contributed by atoms with Gasteiger partial charge < -0.3 is 0 Å². The molecule has 2 aromatic rings. The van der Waals surface area contributed by atoms with Crippen LogP contribution in [0.15, 0.2) is 65.8 Å². The minimum Gasteiger partial charge on any atom is -0.273 e. The number of hydrazone groups is 1. The molecule has 0 fully saturated rings. The highest BCUT2D eigenvalue weighted by Crippen LogP contribution is 2.13. The summed E-state index contributed by atoms with van der Waals surface area (Å²) in [6.45, 7) is 1.50. The lowest BCUT2D eigenvalue weighted by Crippen LogP contribution is -2.22. The van der Waals surface area contributed by atoms with E-state index in [2.05, 4.69) is 5.10 Å². The number of amides is 1. The molecule has 0 N–H and O–H groups in total. The minimum absolute atomic E-state index is 0.117. The molecule has 0 atom stereocenters. The van der Waals surface area contributed by atoms with Crippen LogP contribution in [0.25, 0.3) is 0 Å². The summed E-state index contributed by atoms with van der Waals surface area (Å²) in [5.41, 5.74) is 1.72. The summed E-state index contributed by atoms with van der Waals surface area (Å²) < 4.78 is 0. The summed E-state index contributed by atoms with van der Waals surface area (Å²) in [7, 11) is 0. The third-order valence-corrected chi connectivity index (χ3v) is 2.42. The van der Waals surface area contributed by atoms with Gasteiger partial charge in [0.15, 0.2) is 0 Å². The number of hydrogen-bond acceptors (Lipinski definition) is 2. The average Bonchev–Trinajstić information content (AvgIpc) is 2.41. The van der Waals surface area contributed by atoms with Gasteiger partial charge in [0.25, 0.3) is 0 Å². The molecule has 2 rings (SSSR count). The second-order valence-corrected chi connectivity index (χ2v) is 3.82. The van der Waals surface area contributed by atoms with Crippen LogP contribution in [0.3, 0.4) is 0 Å². The number of nitrogens with zero attached hydrogens (tertiary/aromatic N) is 2. The summed E-state index contributed by atoms with van der Waals surface area (Å²) in [4.78, 5) is 11.6. The van der Waals surface area contributed by atoms with Gasteiger partial charge in [-0.3, -0.25) is 4.79 Å². The number of rotatable bonds is 3. The van der Waals surface area contributed by atoms with E-state index < -0.39 is 0 Å². The smallest absolute Gasteiger partial charge is 0.244 e. The molecule has 90 valence electrons. The lowest BCUT2D eigenvalue weighted by Gasteiger charge is -2.14. The maximum atomic E-state index is 11.6. The Bertz CT molecular complexity index is 535. The fourth-order valence-electron chi connectivity index (χ4n) is 1.56. The molecule has 1 amide bonds. The Morgan fingerprint density at radius 1 is 1.00 bits per heavy atom. The minimum atomic E-state index is -0.117. The largest absolute Gasteiger partial charge is 0.273 e. The normalized spacial score (nSPS) is 10.5. The van der Waals surface area contributed by atoms with Gasteiger partial charge in [0, 0.05) is 6.92 Å². The van der Waals surface area contributed by atoms with Crippen molar-refractivity contribution in [3.8, 4) is 0 Å². The molecule has 0 unspecified atom stereocenters. The Kier molecular flexibility index (Phi) is 3.86. The van der Waals surface area contributed by atoms with E-state index in [0.717, 1.165) is 11.3 Å². The molecule has 0 aromatic heterocycles. The van der Waals surface area contributed by atoms with E-state index in [-0.39, 0.29) is 5.91 Å². The van der Waals surface area contributed by atoms with Crippen molar-refractivity contribution < 1.29 is 4.79 Å². The van der Waals surface area contributed by atoms with Crippen molar-refractivity contribution >= 4 is 17.8 Å².